The van der Waals surface area contributed by atoms with Crippen LogP contribution in [0.3, 0.4) is 0 Å². The van der Waals surface area contributed by atoms with Gasteiger partial charge >= 0.3 is 0 Å². The highest BCUT2D eigenvalue weighted by atomic mass is 79.9. The van der Waals surface area contributed by atoms with Crippen LogP contribution >= 0.6 is 27.3 Å². The lowest BCUT2D eigenvalue weighted by Gasteiger charge is -2.09. The molecule has 0 saturated carbocycles. The molecule has 1 aromatic carbocycles. The Bertz CT molecular complexity index is 598. The normalized spacial score (nSPS) is 10.2. The molecule has 1 aromatic heterocycles. The molecule has 0 unspecified atom stereocenters. The fourth-order valence-corrected chi connectivity index (χ4v) is 3.04. The van der Waals surface area contributed by atoms with Crippen molar-refractivity contribution < 1.29 is 9.53 Å². The van der Waals surface area contributed by atoms with Crippen LogP contribution in [0.2, 0.25) is 0 Å². The van der Waals surface area contributed by atoms with Gasteiger partial charge < -0.3 is 15.8 Å². The van der Waals surface area contributed by atoms with Crippen molar-refractivity contribution in [3.63, 3.8) is 0 Å². The van der Waals surface area contributed by atoms with E-state index in [9.17, 15) is 4.79 Å². The summed E-state index contributed by atoms with van der Waals surface area (Å²) in [6.07, 6.45) is 0. The smallest absolute Gasteiger partial charge is 0.255 e. The Morgan fingerprint density at radius 1 is 1.42 bits per heavy atom. The maximum absolute atomic E-state index is 12.1. The molecule has 0 aliphatic carbocycles. The molecule has 0 saturated heterocycles. The lowest BCUT2D eigenvalue weighted by Crippen LogP contribution is -2.23. The summed E-state index contributed by atoms with van der Waals surface area (Å²) in [5.74, 6) is 0.313. The molecular formula is C13H13BrN2O2S. The third-order valence-corrected chi connectivity index (χ3v) is 4.14. The number of methoxy groups -OCH3 is 1. The summed E-state index contributed by atoms with van der Waals surface area (Å²) in [7, 11) is 1.53. The molecule has 2 rings (SSSR count). The van der Waals surface area contributed by atoms with Crippen molar-refractivity contribution >= 4 is 38.9 Å². The summed E-state index contributed by atoms with van der Waals surface area (Å²) in [4.78, 5) is 13.2. The van der Waals surface area contributed by atoms with Crippen molar-refractivity contribution in [1.29, 1.82) is 0 Å². The first-order valence-electron chi connectivity index (χ1n) is 5.56. The van der Waals surface area contributed by atoms with E-state index in [2.05, 4.69) is 21.2 Å². The third-order valence-electron chi connectivity index (χ3n) is 2.52. The van der Waals surface area contributed by atoms with Gasteiger partial charge in [0.15, 0.2) is 0 Å². The molecule has 0 atom stereocenters. The number of hydrogen-bond acceptors (Lipinski definition) is 4. The molecule has 3 N–H and O–H groups in total. The third kappa shape index (κ3) is 3.48. The molecule has 4 nitrogen and oxygen atoms in total. The molecular weight excluding hydrogens is 328 g/mol. The number of carbonyl (C=O) groups excluding carboxylic acids is 1. The van der Waals surface area contributed by atoms with Crippen LogP contribution in [0.25, 0.3) is 0 Å². The Morgan fingerprint density at radius 2 is 2.21 bits per heavy atom. The van der Waals surface area contributed by atoms with Gasteiger partial charge in [-0.3, -0.25) is 4.79 Å². The predicted molar refractivity (Wildman–Crippen MR) is 80.6 cm³/mol. The lowest BCUT2D eigenvalue weighted by molar-refractivity contribution is 0.0948. The van der Waals surface area contributed by atoms with Crippen molar-refractivity contribution in [2.24, 2.45) is 0 Å². The van der Waals surface area contributed by atoms with Crippen LogP contribution < -0.4 is 15.8 Å². The maximum Gasteiger partial charge on any atom is 0.255 e. The van der Waals surface area contributed by atoms with E-state index >= 15 is 0 Å². The van der Waals surface area contributed by atoms with Crippen LogP contribution in [0.1, 0.15) is 15.2 Å². The van der Waals surface area contributed by atoms with E-state index in [4.69, 9.17) is 10.5 Å². The Labute approximate surface area is 123 Å². The molecule has 0 spiro atoms. The van der Waals surface area contributed by atoms with Gasteiger partial charge in [0.05, 0.1) is 23.0 Å². The zero-order valence-electron chi connectivity index (χ0n) is 10.3. The van der Waals surface area contributed by atoms with Crippen LogP contribution in [0.4, 0.5) is 5.69 Å². The van der Waals surface area contributed by atoms with E-state index in [1.54, 1.807) is 29.5 Å². The second kappa shape index (κ2) is 6.08. The number of carbonyl (C=O) groups is 1. The minimum absolute atomic E-state index is 0.200. The van der Waals surface area contributed by atoms with Crippen molar-refractivity contribution in [1.82, 2.24) is 5.32 Å². The molecule has 0 aliphatic rings. The summed E-state index contributed by atoms with van der Waals surface area (Å²) in [6.45, 7) is 0.479. The highest BCUT2D eigenvalue weighted by molar-refractivity contribution is 9.11. The van der Waals surface area contributed by atoms with Gasteiger partial charge in [-0.2, -0.15) is 0 Å². The number of rotatable bonds is 4. The second-order valence-electron chi connectivity index (χ2n) is 3.85. The quantitative estimate of drug-likeness (QED) is 0.840. The molecule has 0 fully saturated rings. The number of nitrogen functional groups attached to an aromatic ring is 1. The Morgan fingerprint density at radius 3 is 2.84 bits per heavy atom. The minimum Gasteiger partial charge on any atom is -0.496 e. The Kier molecular flexibility index (Phi) is 4.44. The van der Waals surface area contributed by atoms with Gasteiger partial charge in [-0.15, -0.1) is 11.3 Å². The molecule has 100 valence electrons. The standard InChI is InChI=1S/C13H13BrN2O2S/c1-18-11-4-2-8(15)6-10(11)13(17)16-7-9-3-5-12(14)19-9/h2-6H,7,15H2,1H3,(H,16,17). The number of nitrogens with one attached hydrogen (secondary N) is 1. The van der Waals surface area contributed by atoms with Crippen LogP contribution in [-0.4, -0.2) is 13.0 Å². The van der Waals surface area contributed by atoms with E-state index in [0.29, 0.717) is 23.5 Å². The molecule has 0 bridgehead atoms. The zero-order valence-corrected chi connectivity index (χ0v) is 12.7. The van der Waals surface area contributed by atoms with Gasteiger partial charge in [0, 0.05) is 10.6 Å². The maximum atomic E-state index is 12.1. The van der Waals surface area contributed by atoms with E-state index in [-0.39, 0.29) is 5.91 Å². The SMILES string of the molecule is COc1ccc(N)cc1C(=O)NCc1ccc(Br)s1. The Balaban J connectivity index is 2.09. The number of hydrogen-bond donors (Lipinski definition) is 2. The number of benzene rings is 1. The molecule has 1 amide bonds. The zero-order chi connectivity index (χ0) is 13.8. The predicted octanol–water partition coefficient (Wildman–Crippen LogP) is 3.03. The Hall–Kier alpha value is -1.53. The number of ether oxygens (including phenoxy) is 1. The van der Waals surface area contributed by atoms with Crippen LogP contribution in [0, 0.1) is 0 Å². The fraction of sp³-hybridized carbons (Fsp3) is 0.154. The van der Waals surface area contributed by atoms with Gasteiger partial charge in [0.2, 0.25) is 0 Å². The number of amides is 1. The molecule has 19 heavy (non-hydrogen) atoms. The average molecular weight is 341 g/mol. The van der Waals surface area contributed by atoms with Gasteiger partial charge in [-0.05, 0) is 46.3 Å². The molecule has 2 aromatic rings. The monoisotopic (exact) mass is 340 g/mol. The number of nitrogens with two attached hydrogens (primary N) is 1. The lowest BCUT2D eigenvalue weighted by atomic mass is 10.1. The summed E-state index contributed by atoms with van der Waals surface area (Å²) in [5.41, 5.74) is 6.67. The van der Waals surface area contributed by atoms with Crippen molar-refractivity contribution in [3.8, 4) is 5.75 Å². The van der Waals surface area contributed by atoms with Gasteiger partial charge in [-0.1, -0.05) is 0 Å². The summed E-state index contributed by atoms with van der Waals surface area (Å²) in [5, 5.41) is 2.85. The van der Waals surface area contributed by atoms with Crippen LogP contribution in [0.5, 0.6) is 5.75 Å². The first kappa shape index (κ1) is 13.9. The van der Waals surface area contributed by atoms with E-state index in [1.807, 2.05) is 12.1 Å². The van der Waals surface area contributed by atoms with Crippen molar-refractivity contribution in [2.45, 2.75) is 6.54 Å². The summed E-state index contributed by atoms with van der Waals surface area (Å²) < 4.78 is 6.20. The molecule has 1 heterocycles. The van der Waals surface area contributed by atoms with Gasteiger partial charge in [0.1, 0.15) is 5.75 Å². The molecule has 0 radical (unpaired) electrons. The van der Waals surface area contributed by atoms with Crippen LogP contribution in [-0.2, 0) is 6.54 Å². The topological polar surface area (TPSA) is 64.3 Å². The number of thiophene rings is 1. The first-order valence-corrected chi connectivity index (χ1v) is 7.17. The average Bonchev–Trinajstić information content (AvgIpc) is 2.81. The molecule has 6 heteroatoms. The first-order chi connectivity index (χ1) is 9.10. The van der Waals surface area contributed by atoms with Gasteiger partial charge in [0.25, 0.3) is 5.91 Å². The minimum atomic E-state index is -0.200. The summed E-state index contributed by atoms with van der Waals surface area (Å²) in [6, 6.07) is 8.91. The van der Waals surface area contributed by atoms with E-state index in [1.165, 1.54) is 7.11 Å². The summed E-state index contributed by atoms with van der Waals surface area (Å²) >= 11 is 4.97. The van der Waals surface area contributed by atoms with Crippen molar-refractivity contribution in [3.05, 3.63) is 44.6 Å². The highest BCUT2D eigenvalue weighted by Gasteiger charge is 2.12. The second-order valence-corrected chi connectivity index (χ2v) is 6.40. The van der Waals surface area contributed by atoms with E-state index in [0.717, 1.165) is 8.66 Å². The number of halogens is 1. The largest absolute Gasteiger partial charge is 0.496 e. The van der Waals surface area contributed by atoms with Crippen molar-refractivity contribution in [2.75, 3.05) is 12.8 Å². The highest BCUT2D eigenvalue weighted by Crippen LogP contribution is 2.23. The fourth-order valence-electron chi connectivity index (χ4n) is 1.61. The van der Waals surface area contributed by atoms with E-state index < -0.39 is 0 Å². The molecule has 0 aliphatic heterocycles. The number of anilines is 1. The van der Waals surface area contributed by atoms with Gasteiger partial charge in [-0.25, -0.2) is 0 Å². The van der Waals surface area contributed by atoms with Crippen LogP contribution in [0.15, 0.2) is 34.1 Å².